The number of hydrogen-bond donors (Lipinski definition) is 3. The Morgan fingerprint density at radius 3 is 2.30 bits per heavy atom. The van der Waals surface area contributed by atoms with Crippen LogP contribution in [0.2, 0.25) is 0 Å². The van der Waals surface area contributed by atoms with E-state index in [1.807, 2.05) is 0 Å². The molecule has 0 atom stereocenters. The van der Waals surface area contributed by atoms with Crippen molar-refractivity contribution in [2.75, 3.05) is 18.1 Å². The maximum absolute atomic E-state index is 11.9. The molecule has 2 amide bonds. The van der Waals surface area contributed by atoms with Crippen LogP contribution in [0.25, 0.3) is 0 Å². The quantitative estimate of drug-likeness (QED) is 0.760. The Kier molecular flexibility index (Phi) is 3.90. The highest BCUT2D eigenvalue weighted by atomic mass is 16.2. The summed E-state index contributed by atoms with van der Waals surface area (Å²) in [6.07, 6.45) is 2.80. The Balaban J connectivity index is 2.13. The van der Waals surface area contributed by atoms with Crippen LogP contribution < -0.4 is 16.4 Å². The molecule has 0 bridgehead atoms. The van der Waals surface area contributed by atoms with E-state index in [9.17, 15) is 9.59 Å². The Morgan fingerprint density at radius 1 is 1.05 bits per heavy atom. The predicted molar refractivity (Wildman–Crippen MR) is 74.2 cm³/mol. The summed E-state index contributed by atoms with van der Waals surface area (Å²) in [5.41, 5.74) is 6.67. The molecule has 0 fully saturated rings. The van der Waals surface area contributed by atoms with Gasteiger partial charge in [0.25, 0.3) is 11.8 Å². The fraction of sp³-hybridized carbons (Fsp3) is 0.0769. The van der Waals surface area contributed by atoms with Crippen molar-refractivity contribution < 1.29 is 9.59 Å². The zero-order valence-corrected chi connectivity index (χ0v) is 10.8. The lowest BCUT2D eigenvalue weighted by atomic mass is 10.2. The maximum atomic E-state index is 11.9. The first-order valence-electron chi connectivity index (χ1n) is 5.82. The third-order valence-corrected chi connectivity index (χ3v) is 2.57. The number of hydrogen-bond acceptors (Lipinski definition) is 5. The summed E-state index contributed by atoms with van der Waals surface area (Å²) in [5, 5.41) is 5.14. The summed E-state index contributed by atoms with van der Waals surface area (Å²) in [6, 6.07) is 6.45. The van der Waals surface area contributed by atoms with E-state index in [0.717, 1.165) is 0 Å². The van der Waals surface area contributed by atoms with Crippen molar-refractivity contribution >= 4 is 23.3 Å². The molecule has 0 aliphatic carbocycles. The Bertz CT molecular complexity index is 639. The van der Waals surface area contributed by atoms with Crippen molar-refractivity contribution in [3.8, 4) is 0 Å². The van der Waals surface area contributed by atoms with Gasteiger partial charge in [-0.05, 0) is 24.3 Å². The zero-order valence-electron chi connectivity index (χ0n) is 10.8. The predicted octanol–water partition coefficient (Wildman–Crippen LogP) is 0.671. The molecule has 1 heterocycles. The number of nitrogen functional groups attached to an aromatic ring is 1. The summed E-state index contributed by atoms with van der Waals surface area (Å²) in [5.74, 6) is -0.587. The molecule has 0 aliphatic rings. The van der Waals surface area contributed by atoms with Gasteiger partial charge in [0.1, 0.15) is 0 Å². The number of nitrogens with one attached hydrogen (secondary N) is 2. The van der Waals surface area contributed by atoms with Crippen LogP contribution in [0, 0.1) is 0 Å². The lowest BCUT2D eigenvalue weighted by Gasteiger charge is -2.06. The van der Waals surface area contributed by atoms with Crippen LogP contribution in [-0.2, 0) is 0 Å². The van der Waals surface area contributed by atoms with E-state index in [-0.39, 0.29) is 17.4 Å². The lowest BCUT2D eigenvalue weighted by Crippen LogP contribution is -2.18. The lowest BCUT2D eigenvalue weighted by molar-refractivity contribution is 0.0962. The third-order valence-electron chi connectivity index (χ3n) is 2.57. The van der Waals surface area contributed by atoms with Crippen molar-refractivity contribution in [1.29, 1.82) is 0 Å². The maximum Gasteiger partial charge on any atom is 0.278 e. The summed E-state index contributed by atoms with van der Waals surface area (Å²) in [6.45, 7) is 0. The van der Waals surface area contributed by atoms with Gasteiger partial charge < -0.3 is 16.4 Å². The molecule has 0 unspecified atom stereocenters. The van der Waals surface area contributed by atoms with Crippen LogP contribution in [0.3, 0.4) is 0 Å². The molecular weight excluding hydrogens is 258 g/mol. The molecule has 7 heteroatoms. The van der Waals surface area contributed by atoms with Crippen LogP contribution in [0.5, 0.6) is 0 Å². The number of nitrogens with zero attached hydrogens (tertiary/aromatic N) is 2. The Labute approximate surface area is 115 Å². The highest BCUT2D eigenvalue weighted by Gasteiger charge is 2.12. The fourth-order valence-corrected chi connectivity index (χ4v) is 1.56. The monoisotopic (exact) mass is 271 g/mol. The summed E-state index contributed by atoms with van der Waals surface area (Å²) in [7, 11) is 1.55. The van der Waals surface area contributed by atoms with Gasteiger partial charge in [-0.3, -0.25) is 9.59 Å². The number of amides is 2. The summed E-state index contributed by atoms with van der Waals surface area (Å²) in [4.78, 5) is 31.0. The number of carbonyl (C=O) groups is 2. The number of benzene rings is 1. The Morgan fingerprint density at radius 2 is 1.70 bits per heavy atom. The van der Waals surface area contributed by atoms with E-state index in [4.69, 9.17) is 5.73 Å². The molecule has 0 radical (unpaired) electrons. The molecule has 1 aromatic heterocycles. The first-order valence-corrected chi connectivity index (χ1v) is 5.82. The molecule has 2 aromatic rings. The largest absolute Gasteiger partial charge is 0.382 e. The topological polar surface area (TPSA) is 110 Å². The SMILES string of the molecule is CNC(=O)c1ccc(NC(=O)c2nccnc2N)cc1. The Hall–Kier alpha value is -2.96. The van der Waals surface area contributed by atoms with Crippen molar-refractivity contribution in [2.45, 2.75) is 0 Å². The van der Waals surface area contributed by atoms with E-state index in [2.05, 4.69) is 20.6 Å². The second-order valence-electron chi connectivity index (χ2n) is 3.90. The van der Waals surface area contributed by atoms with Gasteiger partial charge in [-0.25, -0.2) is 9.97 Å². The average Bonchev–Trinajstić information content (AvgIpc) is 2.47. The van der Waals surface area contributed by atoms with Crippen LogP contribution in [0.15, 0.2) is 36.7 Å². The smallest absolute Gasteiger partial charge is 0.278 e. The van der Waals surface area contributed by atoms with Crippen molar-refractivity contribution in [2.24, 2.45) is 0 Å². The van der Waals surface area contributed by atoms with E-state index in [1.54, 1.807) is 31.3 Å². The van der Waals surface area contributed by atoms with Crippen LogP contribution in [-0.4, -0.2) is 28.8 Å². The van der Waals surface area contributed by atoms with Gasteiger partial charge in [-0.1, -0.05) is 0 Å². The normalized spacial score (nSPS) is 9.85. The molecule has 7 nitrogen and oxygen atoms in total. The molecule has 4 N–H and O–H groups in total. The molecule has 102 valence electrons. The minimum Gasteiger partial charge on any atom is -0.382 e. The molecule has 0 saturated carbocycles. The van der Waals surface area contributed by atoms with Gasteiger partial charge in [0.2, 0.25) is 0 Å². The molecule has 2 rings (SSSR count). The number of nitrogens with two attached hydrogens (primary N) is 1. The fourth-order valence-electron chi connectivity index (χ4n) is 1.56. The first kappa shape index (κ1) is 13.5. The highest BCUT2D eigenvalue weighted by Crippen LogP contribution is 2.12. The van der Waals surface area contributed by atoms with Crippen LogP contribution >= 0.6 is 0 Å². The second-order valence-corrected chi connectivity index (χ2v) is 3.90. The van der Waals surface area contributed by atoms with E-state index >= 15 is 0 Å². The van der Waals surface area contributed by atoms with Crippen molar-refractivity contribution in [3.63, 3.8) is 0 Å². The molecule has 0 saturated heterocycles. The van der Waals surface area contributed by atoms with Gasteiger partial charge in [0.05, 0.1) is 0 Å². The number of rotatable bonds is 3. The third kappa shape index (κ3) is 2.89. The zero-order chi connectivity index (χ0) is 14.5. The molecule has 0 spiro atoms. The minimum atomic E-state index is -0.455. The molecule has 0 aliphatic heterocycles. The van der Waals surface area contributed by atoms with E-state index < -0.39 is 5.91 Å². The van der Waals surface area contributed by atoms with Gasteiger partial charge >= 0.3 is 0 Å². The number of aromatic nitrogens is 2. The second kappa shape index (κ2) is 5.79. The number of anilines is 2. The van der Waals surface area contributed by atoms with Gasteiger partial charge in [-0.2, -0.15) is 0 Å². The van der Waals surface area contributed by atoms with Gasteiger partial charge in [0.15, 0.2) is 11.5 Å². The van der Waals surface area contributed by atoms with Crippen LogP contribution in [0.4, 0.5) is 11.5 Å². The van der Waals surface area contributed by atoms with Crippen LogP contribution in [0.1, 0.15) is 20.8 Å². The highest BCUT2D eigenvalue weighted by molar-refractivity contribution is 6.05. The summed E-state index contributed by atoms with van der Waals surface area (Å²) < 4.78 is 0. The summed E-state index contributed by atoms with van der Waals surface area (Å²) >= 11 is 0. The first-order chi connectivity index (χ1) is 9.61. The van der Waals surface area contributed by atoms with Crippen molar-refractivity contribution in [3.05, 3.63) is 47.9 Å². The van der Waals surface area contributed by atoms with E-state index in [0.29, 0.717) is 11.3 Å². The number of carbonyl (C=O) groups excluding carboxylic acids is 2. The molecular formula is C13H13N5O2. The van der Waals surface area contributed by atoms with Crippen molar-refractivity contribution in [1.82, 2.24) is 15.3 Å². The standard InChI is InChI=1S/C13H13N5O2/c1-15-12(19)8-2-4-9(5-3-8)18-13(20)10-11(14)17-7-6-16-10/h2-7H,1H3,(H2,14,17)(H,15,19)(H,18,20). The molecule has 20 heavy (non-hydrogen) atoms. The van der Waals surface area contributed by atoms with E-state index in [1.165, 1.54) is 12.4 Å². The molecule has 1 aromatic carbocycles. The average molecular weight is 271 g/mol. The minimum absolute atomic E-state index is 0.0582. The van der Waals surface area contributed by atoms with Gasteiger partial charge in [-0.15, -0.1) is 0 Å². The van der Waals surface area contributed by atoms with Gasteiger partial charge in [0, 0.05) is 30.7 Å².